The van der Waals surface area contributed by atoms with E-state index >= 15 is 0 Å². The Morgan fingerprint density at radius 2 is 2.15 bits per heavy atom. The fourth-order valence-electron chi connectivity index (χ4n) is 2.08. The molecule has 1 aromatic rings. The van der Waals surface area contributed by atoms with Gasteiger partial charge in [-0.2, -0.15) is 0 Å². The number of halogens is 1. The van der Waals surface area contributed by atoms with Crippen molar-refractivity contribution in [3.63, 3.8) is 0 Å². The minimum Gasteiger partial charge on any atom is -0.379 e. The maximum absolute atomic E-state index is 5.95. The standard InChI is InChI=1S/C16H23BrNOSi/c1-16(2,20(3)4)11-19-10-13-8-14-12(9-18-13)6-5-7-15(14)17/h5-7,9,13H,8,10-11H2,1-4H3/t13-/m1/s1. The first-order valence-electron chi connectivity index (χ1n) is 7.09. The van der Waals surface area contributed by atoms with Crippen LogP contribution in [0.15, 0.2) is 27.7 Å². The molecule has 0 aromatic heterocycles. The highest BCUT2D eigenvalue weighted by atomic mass is 79.9. The molecule has 2 rings (SSSR count). The van der Waals surface area contributed by atoms with Crippen LogP contribution in [0.2, 0.25) is 18.1 Å². The molecule has 0 amide bonds. The van der Waals surface area contributed by atoms with Crippen molar-refractivity contribution in [3.05, 3.63) is 33.8 Å². The Morgan fingerprint density at radius 1 is 1.40 bits per heavy atom. The normalized spacial score (nSPS) is 18.4. The predicted molar refractivity (Wildman–Crippen MR) is 91.6 cm³/mol. The third-order valence-electron chi connectivity index (χ3n) is 4.15. The SMILES string of the molecule is C[Si](C)C(C)(C)COC[C@H]1Cc2c(Br)cccc2C=N1. The van der Waals surface area contributed by atoms with Gasteiger partial charge in [-0.05, 0) is 28.7 Å². The molecule has 1 aromatic carbocycles. The van der Waals surface area contributed by atoms with Gasteiger partial charge in [-0.3, -0.25) is 4.99 Å². The lowest BCUT2D eigenvalue weighted by molar-refractivity contribution is 0.102. The molecule has 0 bridgehead atoms. The fraction of sp³-hybridized carbons (Fsp3) is 0.562. The first-order valence-corrected chi connectivity index (χ1v) is 10.4. The van der Waals surface area contributed by atoms with Crippen LogP contribution in [0.3, 0.4) is 0 Å². The molecule has 1 atom stereocenters. The van der Waals surface area contributed by atoms with Gasteiger partial charge in [-0.15, -0.1) is 0 Å². The van der Waals surface area contributed by atoms with Crippen LogP contribution in [0.25, 0.3) is 0 Å². The summed E-state index contributed by atoms with van der Waals surface area (Å²) in [4.78, 5) is 4.61. The molecule has 4 heteroatoms. The van der Waals surface area contributed by atoms with Crippen LogP contribution >= 0.6 is 15.9 Å². The van der Waals surface area contributed by atoms with E-state index in [1.54, 1.807) is 0 Å². The van der Waals surface area contributed by atoms with E-state index in [9.17, 15) is 0 Å². The molecule has 0 N–H and O–H groups in total. The van der Waals surface area contributed by atoms with E-state index < -0.39 is 0 Å². The Morgan fingerprint density at radius 3 is 2.85 bits per heavy atom. The molecular weight excluding hydrogens is 330 g/mol. The van der Waals surface area contributed by atoms with Gasteiger partial charge in [0.15, 0.2) is 0 Å². The third-order valence-corrected chi connectivity index (χ3v) is 7.74. The van der Waals surface area contributed by atoms with E-state index in [-0.39, 0.29) is 14.8 Å². The minimum atomic E-state index is -0.339. The van der Waals surface area contributed by atoms with E-state index in [0.717, 1.165) is 19.6 Å². The summed E-state index contributed by atoms with van der Waals surface area (Å²) in [6.45, 7) is 10.9. The van der Waals surface area contributed by atoms with Gasteiger partial charge in [0.1, 0.15) is 0 Å². The summed E-state index contributed by atoms with van der Waals surface area (Å²) in [7, 11) is -0.339. The molecule has 1 aliphatic rings. The lowest BCUT2D eigenvalue weighted by Gasteiger charge is -2.29. The van der Waals surface area contributed by atoms with Gasteiger partial charge in [-0.25, -0.2) is 0 Å². The number of aliphatic imine (C=N–C) groups is 1. The topological polar surface area (TPSA) is 21.6 Å². The lowest BCUT2D eigenvalue weighted by atomic mass is 9.98. The van der Waals surface area contributed by atoms with Crippen molar-refractivity contribution in [3.8, 4) is 0 Å². The number of hydrogen-bond donors (Lipinski definition) is 0. The largest absolute Gasteiger partial charge is 0.379 e. The number of fused-ring (bicyclic) bond motifs is 1. The first kappa shape index (κ1) is 15.9. The molecular formula is C16H23BrNOSi. The van der Waals surface area contributed by atoms with Gasteiger partial charge in [-0.1, -0.05) is 55.0 Å². The van der Waals surface area contributed by atoms with Crippen LogP contribution in [-0.4, -0.2) is 34.3 Å². The summed E-state index contributed by atoms with van der Waals surface area (Å²) < 4.78 is 7.13. The summed E-state index contributed by atoms with van der Waals surface area (Å²) in [6, 6.07) is 6.52. The quantitative estimate of drug-likeness (QED) is 0.722. The minimum absolute atomic E-state index is 0.251. The van der Waals surface area contributed by atoms with Crippen LogP contribution in [0.1, 0.15) is 25.0 Å². The molecule has 0 unspecified atom stereocenters. The molecule has 0 saturated heterocycles. The Bertz CT molecular complexity index is 499. The van der Waals surface area contributed by atoms with Gasteiger partial charge in [0, 0.05) is 17.3 Å². The third kappa shape index (κ3) is 3.80. The second-order valence-corrected chi connectivity index (χ2v) is 10.6. The van der Waals surface area contributed by atoms with Crippen molar-refractivity contribution >= 4 is 30.9 Å². The fourth-order valence-corrected chi connectivity index (χ4v) is 3.02. The zero-order valence-electron chi connectivity index (χ0n) is 12.7. The van der Waals surface area contributed by atoms with E-state index in [2.05, 4.69) is 66.1 Å². The highest BCUT2D eigenvalue weighted by Crippen LogP contribution is 2.29. The molecule has 20 heavy (non-hydrogen) atoms. The van der Waals surface area contributed by atoms with Gasteiger partial charge in [0.25, 0.3) is 0 Å². The zero-order valence-corrected chi connectivity index (χ0v) is 15.3. The van der Waals surface area contributed by atoms with Crippen molar-refractivity contribution in [1.29, 1.82) is 0 Å². The zero-order chi connectivity index (χ0) is 14.8. The number of hydrogen-bond acceptors (Lipinski definition) is 2. The Labute approximate surface area is 132 Å². The molecule has 109 valence electrons. The highest BCUT2D eigenvalue weighted by Gasteiger charge is 2.25. The molecule has 2 nitrogen and oxygen atoms in total. The van der Waals surface area contributed by atoms with Crippen LogP contribution in [-0.2, 0) is 11.2 Å². The van der Waals surface area contributed by atoms with E-state index in [1.165, 1.54) is 15.6 Å². The average Bonchev–Trinajstić information content (AvgIpc) is 2.39. The van der Waals surface area contributed by atoms with Gasteiger partial charge < -0.3 is 4.74 Å². The van der Waals surface area contributed by atoms with E-state index in [0.29, 0.717) is 5.04 Å². The predicted octanol–water partition coefficient (Wildman–Crippen LogP) is 4.34. The van der Waals surface area contributed by atoms with E-state index in [1.807, 2.05) is 6.21 Å². The maximum Gasteiger partial charge on any atom is 0.0774 e. The highest BCUT2D eigenvalue weighted by molar-refractivity contribution is 9.10. The van der Waals surface area contributed by atoms with Crippen molar-refractivity contribution in [1.82, 2.24) is 0 Å². The Kier molecular flexibility index (Phi) is 5.21. The second kappa shape index (κ2) is 6.54. The summed E-state index contributed by atoms with van der Waals surface area (Å²) in [5, 5.41) is 0.321. The Balaban J connectivity index is 1.90. The molecule has 0 aliphatic carbocycles. The van der Waals surface area contributed by atoms with Crippen LogP contribution in [0, 0.1) is 0 Å². The van der Waals surface area contributed by atoms with Gasteiger partial charge >= 0.3 is 0 Å². The first-order chi connectivity index (χ1) is 9.40. The molecule has 1 heterocycles. The second-order valence-electron chi connectivity index (χ2n) is 6.34. The summed E-state index contributed by atoms with van der Waals surface area (Å²) >= 11 is 3.63. The van der Waals surface area contributed by atoms with Crippen molar-refractivity contribution in [2.45, 2.75) is 44.4 Å². The van der Waals surface area contributed by atoms with Gasteiger partial charge in [0.05, 0.1) is 21.4 Å². The monoisotopic (exact) mass is 352 g/mol. The smallest absolute Gasteiger partial charge is 0.0774 e. The number of rotatable bonds is 5. The average molecular weight is 353 g/mol. The van der Waals surface area contributed by atoms with Crippen molar-refractivity contribution in [2.75, 3.05) is 13.2 Å². The van der Waals surface area contributed by atoms with Crippen LogP contribution < -0.4 is 0 Å². The van der Waals surface area contributed by atoms with Crippen LogP contribution in [0.4, 0.5) is 0 Å². The molecule has 0 spiro atoms. The summed E-state index contributed by atoms with van der Waals surface area (Å²) in [5.41, 5.74) is 2.58. The molecule has 1 radical (unpaired) electrons. The maximum atomic E-state index is 5.95. The van der Waals surface area contributed by atoms with Crippen LogP contribution in [0.5, 0.6) is 0 Å². The molecule has 0 fully saturated rings. The Hall–Kier alpha value is -0.453. The summed E-state index contributed by atoms with van der Waals surface area (Å²) in [6.07, 6.45) is 2.95. The molecule has 1 aliphatic heterocycles. The van der Waals surface area contributed by atoms with Gasteiger partial charge in [0.2, 0.25) is 0 Å². The van der Waals surface area contributed by atoms with E-state index in [4.69, 9.17) is 4.74 Å². The molecule has 0 saturated carbocycles. The lowest BCUT2D eigenvalue weighted by Crippen LogP contribution is -2.29. The number of nitrogens with zero attached hydrogens (tertiary/aromatic N) is 1. The number of benzene rings is 1. The number of ether oxygens (including phenoxy) is 1. The van der Waals surface area contributed by atoms with Crippen molar-refractivity contribution < 1.29 is 4.74 Å². The van der Waals surface area contributed by atoms with Crippen molar-refractivity contribution in [2.24, 2.45) is 4.99 Å². The summed E-state index contributed by atoms with van der Waals surface area (Å²) in [5.74, 6) is 0.